The standard InChI is InChI=1S/C30H35ClFN3O2/c1-20-21(2)29(37-3)12-11-24(20)17-34-26-16-28(35(19-26)18-22-7-6-9-25(31)15-22)30(36)33-14-13-23-8-4-5-10-27(23)32/h4-12,15,26,28,34H,13-14,16-19H2,1-3H3,(H,33,36)/t26-,28-/m0/s1. The van der Waals surface area contributed by atoms with Gasteiger partial charge in [-0.2, -0.15) is 0 Å². The predicted molar refractivity (Wildman–Crippen MR) is 146 cm³/mol. The van der Waals surface area contributed by atoms with Crippen molar-refractivity contribution >= 4 is 17.5 Å². The lowest BCUT2D eigenvalue weighted by molar-refractivity contribution is -0.125. The highest BCUT2D eigenvalue weighted by atomic mass is 35.5. The maximum absolute atomic E-state index is 14.0. The molecular formula is C30H35ClFN3O2. The predicted octanol–water partition coefficient (Wildman–Crippen LogP) is 5.20. The maximum atomic E-state index is 14.0. The van der Waals surface area contributed by atoms with Gasteiger partial charge in [-0.1, -0.05) is 48.0 Å². The molecule has 4 rings (SSSR count). The number of carbonyl (C=O) groups excluding carboxylic acids is 1. The molecule has 1 amide bonds. The minimum atomic E-state index is -0.282. The van der Waals surface area contributed by atoms with Crippen molar-refractivity contribution in [2.24, 2.45) is 0 Å². The molecule has 37 heavy (non-hydrogen) atoms. The van der Waals surface area contributed by atoms with E-state index in [1.807, 2.05) is 36.4 Å². The third kappa shape index (κ3) is 6.89. The van der Waals surface area contributed by atoms with Gasteiger partial charge in [0.2, 0.25) is 5.91 Å². The molecule has 1 aliphatic heterocycles. The van der Waals surface area contributed by atoms with Gasteiger partial charge in [-0.25, -0.2) is 4.39 Å². The van der Waals surface area contributed by atoms with E-state index in [0.717, 1.165) is 23.4 Å². The van der Waals surface area contributed by atoms with Crippen molar-refractivity contribution in [2.45, 2.75) is 51.9 Å². The summed E-state index contributed by atoms with van der Waals surface area (Å²) in [5.41, 5.74) is 5.25. The molecule has 7 heteroatoms. The molecule has 5 nitrogen and oxygen atoms in total. The second kappa shape index (κ2) is 12.5. The highest BCUT2D eigenvalue weighted by Gasteiger charge is 2.36. The molecule has 1 saturated heterocycles. The van der Waals surface area contributed by atoms with E-state index in [-0.39, 0.29) is 23.8 Å². The third-order valence-electron chi connectivity index (χ3n) is 7.28. The van der Waals surface area contributed by atoms with Crippen molar-refractivity contribution in [3.8, 4) is 5.75 Å². The maximum Gasteiger partial charge on any atom is 0.237 e. The lowest BCUT2D eigenvalue weighted by atomic mass is 10.0. The van der Waals surface area contributed by atoms with Crippen LogP contribution >= 0.6 is 11.6 Å². The minimum Gasteiger partial charge on any atom is -0.496 e. The Morgan fingerprint density at radius 1 is 1.08 bits per heavy atom. The van der Waals surface area contributed by atoms with Crippen LogP contribution in [0.15, 0.2) is 60.7 Å². The molecule has 0 aliphatic carbocycles. The van der Waals surface area contributed by atoms with Crippen molar-refractivity contribution in [2.75, 3.05) is 20.2 Å². The van der Waals surface area contributed by atoms with Gasteiger partial charge in [0.05, 0.1) is 13.2 Å². The van der Waals surface area contributed by atoms with Crippen LogP contribution in [0.5, 0.6) is 5.75 Å². The topological polar surface area (TPSA) is 53.6 Å². The molecule has 2 N–H and O–H groups in total. The van der Waals surface area contributed by atoms with Gasteiger partial charge in [0.15, 0.2) is 0 Å². The zero-order valence-corrected chi connectivity index (χ0v) is 22.4. The largest absolute Gasteiger partial charge is 0.496 e. The molecule has 0 aromatic heterocycles. The van der Waals surface area contributed by atoms with Gasteiger partial charge < -0.3 is 15.4 Å². The summed E-state index contributed by atoms with van der Waals surface area (Å²) in [5, 5.41) is 7.39. The van der Waals surface area contributed by atoms with E-state index in [0.29, 0.717) is 43.1 Å². The lowest BCUT2D eigenvalue weighted by Crippen LogP contribution is -2.43. The molecular weight excluding hydrogens is 489 g/mol. The first-order valence-electron chi connectivity index (χ1n) is 12.7. The fraction of sp³-hybridized carbons (Fsp3) is 0.367. The number of amides is 1. The number of benzene rings is 3. The van der Waals surface area contributed by atoms with Crippen LogP contribution in [-0.2, 0) is 24.3 Å². The fourth-order valence-electron chi connectivity index (χ4n) is 5.03. The number of hydrogen-bond donors (Lipinski definition) is 2. The Bertz CT molecular complexity index is 1240. The van der Waals surface area contributed by atoms with Crippen LogP contribution in [-0.4, -0.2) is 43.1 Å². The second-order valence-corrected chi connectivity index (χ2v) is 10.1. The highest BCUT2D eigenvalue weighted by Crippen LogP contribution is 2.26. The number of ether oxygens (including phenoxy) is 1. The molecule has 0 spiro atoms. The SMILES string of the molecule is COc1ccc(CN[C@H]2C[C@@H](C(=O)NCCc3ccccc3F)N(Cc3cccc(Cl)c3)C2)c(C)c1C. The molecule has 3 aromatic carbocycles. The zero-order chi connectivity index (χ0) is 26.4. The first kappa shape index (κ1) is 27.1. The van der Waals surface area contributed by atoms with Gasteiger partial charge in [0, 0.05) is 37.2 Å². The molecule has 1 aliphatic rings. The molecule has 3 aromatic rings. The second-order valence-electron chi connectivity index (χ2n) is 9.70. The van der Waals surface area contributed by atoms with Gasteiger partial charge in [-0.15, -0.1) is 0 Å². The van der Waals surface area contributed by atoms with Gasteiger partial charge in [-0.05, 0) is 78.8 Å². The van der Waals surface area contributed by atoms with Crippen molar-refractivity contribution in [3.63, 3.8) is 0 Å². The third-order valence-corrected chi connectivity index (χ3v) is 7.52. The summed E-state index contributed by atoms with van der Waals surface area (Å²) in [6, 6.07) is 18.4. The average molecular weight is 524 g/mol. The number of halogens is 2. The molecule has 196 valence electrons. The first-order valence-corrected chi connectivity index (χ1v) is 13.1. The van der Waals surface area contributed by atoms with E-state index in [1.165, 1.54) is 17.2 Å². The molecule has 0 bridgehead atoms. The number of methoxy groups -OCH3 is 1. The Kier molecular flexibility index (Phi) is 9.19. The molecule has 1 fully saturated rings. The molecule has 0 unspecified atom stereocenters. The van der Waals surface area contributed by atoms with E-state index in [4.69, 9.17) is 16.3 Å². The van der Waals surface area contributed by atoms with Crippen LogP contribution in [0.4, 0.5) is 4.39 Å². The van der Waals surface area contributed by atoms with Gasteiger partial charge in [-0.3, -0.25) is 9.69 Å². The fourth-order valence-corrected chi connectivity index (χ4v) is 5.24. The summed E-state index contributed by atoms with van der Waals surface area (Å²) >= 11 is 6.21. The Hall–Kier alpha value is -2.93. The minimum absolute atomic E-state index is 0.0286. The van der Waals surface area contributed by atoms with Crippen molar-refractivity contribution < 1.29 is 13.9 Å². The number of nitrogens with one attached hydrogen (secondary N) is 2. The summed E-state index contributed by atoms with van der Waals surface area (Å²) in [6.45, 7) is 6.66. The van der Waals surface area contributed by atoms with Crippen LogP contribution in [0, 0.1) is 19.7 Å². The smallest absolute Gasteiger partial charge is 0.237 e. The number of nitrogens with zero attached hydrogens (tertiary/aromatic N) is 1. The first-order chi connectivity index (χ1) is 17.9. The Morgan fingerprint density at radius 2 is 1.89 bits per heavy atom. The number of rotatable bonds is 10. The van der Waals surface area contributed by atoms with Crippen LogP contribution in [0.1, 0.15) is 34.2 Å². The summed E-state index contributed by atoms with van der Waals surface area (Å²) in [7, 11) is 1.69. The summed E-state index contributed by atoms with van der Waals surface area (Å²) < 4.78 is 19.4. The van der Waals surface area contributed by atoms with Crippen molar-refractivity contribution in [3.05, 3.63) is 99.3 Å². The lowest BCUT2D eigenvalue weighted by Gasteiger charge is -2.23. The monoisotopic (exact) mass is 523 g/mol. The van der Waals surface area contributed by atoms with Gasteiger partial charge >= 0.3 is 0 Å². The number of hydrogen-bond acceptors (Lipinski definition) is 4. The van der Waals surface area contributed by atoms with Gasteiger partial charge in [0.25, 0.3) is 0 Å². The van der Waals surface area contributed by atoms with E-state index in [1.54, 1.807) is 19.2 Å². The van der Waals surface area contributed by atoms with E-state index in [9.17, 15) is 9.18 Å². The van der Waals surface area contributed by atoms with Crippen LogP contribution in [0.2, 0.25) is 5.02 Å². The van der Waals surface area contributed by atoms with Crippen LogP contribution < -0.4 is 15.4 Å². The van der Waals surface area contributed by atoms with Crippen molar-refractivity contribution in [1.82, 2.24) is 15.5 Å². The number of carbonyl (C=O) groups is 1. The Labute approximate surface area is 224 Å². The molecule has 0 saturated carbocycles. The van der Waals surface area contributed by atoms with E-state index >= 15 is 0 Å². The highest BCUT2D eigenvalue weighted by molar-refractivity contribution is 6.30. The quantitative estimate of drug-likeness (QED) is 0.384. The Balaban J connectivity index is 1.42. The van der Waals surface area contributed by atoms with Crippen LogP contribution in [0.25, 0.3) is 0 Å². The van der Waals surface area contributed by atoms with E-state index in [2.05, 4.69) is 35.4 Å². The number of likely N-dealkylation sites (tertiary alicyclic amines) is 1. The molecule has 0 radical (unpaired) electrons. The molecule has 2 atom stereocenters. The van der Waals surface area contributed by atoms with Gasteiger partial charge in [0.1, 0.15) is 11.6 Å². The Morgan fingerprint density at radius 3 is 2.65 bits per heavy atom. The molecule has 1 heterocycles. The zero-order valence-electron chi connectivity index (χ0n) is 21.7. The van der Waals surface area contributed by atoms with Crippen molar-refractivity contribution in [1.29, 1.82) is 0 Å². The summed E-state index contributed by atoms with van der Waals surface area (Å²) in [5.74, 6) is 0.620. The summed E-state index contributed by atoms with van der Waals surface area (Å²) in [6.07, 6.45) is 1.15. The summed E-state index contributed by atoms with van der Waals surface area (Å²) in [4.78, 5) is 15.5. The van der Waals surface area contributed by atoms with Crippen LogP contribution in [0.3, 0.4) is 0 Å². The average Bonchev–Trinajstić information content (AvgIpc) is 3.28. The van der Waals surface area contributed by atoms with E-state index < -0.39 is 0 Å². The normalized spacial score (nSPS) is 17.6.